The van der Waals surface area contributed by atoms with Crippen LogP contribution in [0.25, 0.3) is 0 Å². The summed E-state index contributed by atoms with van der Waals surface area (Å²) < 4.78 is 0. The number of carbonyl (C=O) groups is 2. The van der Waals surface area contributed by atoms with E-state index in [2.05, 4.69) is 0 Å². The van der Waals surface area contributed by atoms with Gasteiger partial charge in [0, 0.05) is 6.54 Å². The normalized spacial score (nSPS) is 26.7. The quantitative estimate of drug-likeness (QED) is 0.632. The molecule has 1 unspecified atom stereocenters. The fourth-order valence-electron chi connectivity index (χ4n) is 2.13. The number of hydrogen-bond acceptors (Lipinski definition) is 3. The van der Waals surface area contributed by atoms with Gasteiger partial charge < -0.3 is 15.1 Å². The van der Waals surface area contributed by atoms with E-state index >= 15 is 0 Å². The minimum absolute atomic E-state index is 0.130. The van der Waals surface area contributed by atoms with Crippen molar-refractivity contribution in [1.29, 1.82) is 0 Å². The molecule has 2 aliphatic rings. The van der Waals surface area contributed by atoms with Crippen molar-refractivity contribution in [1.82, 2.24) is 4.90 Å². The van der Waals surface area contributed by atoms with Crippen LogP contribution in [0.15, 0.2) is 11.3 Å². The fourth-order valence-corrected chi connectivity index (χ4v) is 2.13. The average molecular weight is 197 g/mol. The number of aliphatic carboxylic acids is 1. The standard InChI is InChI=1S/C9H11NO4/c11-7-6(9(13)14)5-3-1-2-4-10(5)8(7)12/h5,11H,1-4H2,(H,13,14). The molecule has 0 aromatic rings. The number of carbonyl (C=O) groups excluding carboxylic acids is 1. The minimum atomic E-state index is -1.19. The maximum Gasteiger partial charge on any atom is 0.337 e. The molecule has 0 saturated carbocycles. The molecule has 1 fully saturated rings. The molecule has 2 aliphatic heterocycles. The summed E-state index contributed by atoms with van der Waals surface area (Å²) >= 11 is 0. The van der Waals surface area contributed by atoms with Crippen molar-refractivity contribution >= 4 is 11.9 Å². The fraction of sp³-hybridized carbons (Fsp3) is 0.556. The summed E-state index contributed by atoms with van der Waals surface area (Å²) in [5.41, 5.74) is -0.130. The van der Waals surface area contributed by atoms with Crippen LogP contribution in [0, 0.1) is 0 Å². The molecule has 2 N–H and O–H groups in total. The Kier molecular flexibility index (Phi) is 1.94. The van der Waals surface area contributed by atoms with Gasteiger partial charge in [-0.25, -0.2) is 4.79 Å². The molecule has 1 amide bonds. The third-order valence-corrected chi connectivity index (χ3v) is 2.78. The van der Waals surface area contributed by atoms with Gasteiger partial charge in [0.05, 0.1) is 6.04 Å². The van der Waals surface area contributed by atoms with E-state index in [1.807, 2.05) is 0 Å². The SMILES string of the molecule is O=C(O)C1=C(O)C(=O)N2CCCCC12. The van der Waals surface area contributed by atoms with E-state index < -0.39 is 23.7 Å². The second-order valence-electron chi connectivity index (χ2n) is 3.58. The van der Waals surface area contributed by atoms with Crippen molar-refractivity contribution in [3.05, 3.63) is 11.3 Å². The first-order valence-corrected chi connectivity index (χ1v) is 4.60. The van der Waals surface area contributed by atoms with Crippen molar-refractivity contribution in [2.24, 2.45) is 0 Å². The van der Waals surface area contributed by atoms with Gasteiger partial charge in [-0.05, 0) is 19.3 Å². The Hall–Kier alpha value is -1.52. The molecule has 0 aromatic carbocycles. The second-order valence-corrected chi connectivity index (χ2v) is 3.58. The molecular weight excluding hydrogens is 186 g/mol. The van der Waals surface area contributed by atoms with Crippen LogP contribution in [0.1, 0.15) is 19.3 Å². The van der Waals surface area contributed by atoms with Crippen LogP contribution in [0.5, 0.6) is 0 Å². The predicted octanol–water partition coefficient (Wildman–Crippen LogP) is 0.278. The van der Waals surface area contributed by atoms with Crippen LogP contribution < -0.4 is 0 Å². The van der Waals surface area contributed by atoms with Gasteiger partial charge >= 0.3 is 5.97 Å². The van der Waals surface area contributed by atoms with Gasteiger partial charge in [0.1, 0.15) is 5.57 Å². The van der Waals surface area contributed by atoms with Gasteiger partial charge in [-0.1, -0.05) is 0 Å². The molecule has 1 saturated heterocycles. The number of piperidine rings is 1. The first-order chi connectivity index (χ1) is 6.63. The highest BCUT2D eigenvalue weighted by Gasteiger charge is 2.43. The zero-order valence-electron chi connectivity index (χ0n) is 7.56. The zero-order chi connectivity index (χ0) is 10.3. The molecular formula is C9H11NO4. The van der Waals surface area contributed by atoms with Gasteiger partial charge in [-0.15, -0.1) is 0 Å². The summed E-state index contributed by atoms with van der Waals surface area (Å²) in [6.45, 7) is 0.546. The minimum Gasteiger partial charge on any atom is -0.503 e. The number of fused-ring (bicyclic) bond motifs is 1. The molecule has 0 radical (unpaired) electrons. The first-order valence-electron chi connectivity index (χ1n) is 4.60. The lowest BCUT2D eigenvalue weighted by Crippen LogP contribution is -2.40. The lowest BCUT2D eigenvalue weighted by molar-refractivity contribution is -0.133. The maximum absolute atomic E-state index is 11.4. The van der Waals surface area contributed by atoms with Crippen LogP contribution in [-0.4, -0.2) is 39.6 Å². The van der Waals surface area contributed by atoms with Crippen molar-refractivity contribution in [3.8, 4) is 0 Å². The van der Waals surface area contributed by atoms with Gasteiger partial charge in [0.15, 0.2) is 5.76 Å². The van der Waals surface area contributed by atoms with E-state index in [1.54, 1.807) is 0 Å². The number of amides is 1. The highest BCUT2D eigenvalue weighted by molar-refractivity contribution is 6.05. The van der Waals surface area contributed by atoms with Crippen LogP contribution >= 0.6 is 0 Å². The molecule has 14 heavy (non-hydrogen) atoms. The molecule has 2 rings (SSSR count). The van der Waals surface area contributed by atoms with Crippen LogP contribution in [0.3, 0.4) is 0 Å². The van der Waals surface area contributed by atoms with E-state index in [1.165, 1.54) is 4.90 Å². The summed E-state index contributed by atoms with van der Waals surface area (Å²) in [7, 11) is 0. The van der Waals surface area contributed by atoms with Gasteiger partial charge in [-0.2, -0.15) is 0 Å². The third-order valence-electron chi connectivity index (χ3n) is 2.78. The number of hydrogen-bond donors (Lipinski definition) is 2. The topological polar surface area (TPSA) is 77.8 Å². The number of aliphatic hydroxyl groups is 1. The van der Waals surface area contributed by atoms with Gasteiger partial charge in [-0.3, -0.25) is 4.79 Å². The number of aliphatic hydroxyl groups excluding tert-OH is 1. The van der Waals surface area contributed by atoms with E-state index in [0.717, 1.165) is 12.8 Å². The molecule has 76 valence electrons. The monoisotopic (exact) mass is 197 g/mol. The van der Waals surface area contributed by atoms with Crippen molar-refractivity contribution in [2.45, 2.75) is 25.3 Å². The number of carboxylic acids is 1. The molecule has 0 bridgehead atoms. The molecule has 0 aromatic heterocycles. The summed E-state index contributed by atoms with van der Waals surface area (Å²) in [6.07, 6.45) is 2.42. The Labute approximate surface area is 80.6 Å². The van der Waals surface area contributed by atoms with E-state index in [-0.39, 0.29) is 5.57 Å². The highest BCUT2D eigenvalue weighted by atomic mass is 16.4. The van der Waals surface area contributed by atoms with E-state index in [4.69, 9.17) is 5.11 Å². The average Bonchev–Trinajstić information content (AvgIpc) is 2.41. The molecule has 0 spiro atoms. The summed E-state index contributed by atoms with van der Waals surface area (Å²) in [6, 6.07) is -0.409. The molecule has 5 heteroatoms. The number of nitrogens with zero attached hydrogens (tertiary/aromatic N) is 1. The maximum atomic E-state index is 11.4. The van der Waals surface area contributed by atoms with Gasteiger partial charge in [0.25, 0.3) is 5.91 Å². The van der Waals surface area contributed by atoms with Crippen LogP contribution in [0.2, 0.25) is 0 Å². The molecule has 1 atom stereocenters. The Morgan fingerprint density at radius 1 is 1.43 bits per heavy atom. The largest absolute Gasteiger partial charge is 0.503 e. The van der Waals surface area contributed by atoms with Crippen molar-refractivity contribution in [3.63, 3.8) is 0 Å². The second kappa shape index (κ2) is 3.01. The number of rotatable bonds is 1. The molecule has 2 heterocycles. The van der Waals surface area contributed by atoms with E-state index in [9.17, 15) is 14.7 Å². The first kappa shape index (κ1) is 9.05. The van der Waals surface area contributed by atoms with Crippen molar-refractivity contribution in [2.75, 3.05) is 6.54 Å². The Bertz CT molecular complexity index is 334. The Balaban J connectivity index is 2.37. The zero-order valence-corrected chi connectivity index (χ0v) is 7.56. The summed E-state index contributed by atoms with van der Waals surface area (Å²) in [4.78, 5) is 23.7. The highest BCUT2D eigenvalue weighted by Crippen LogP contribution is 2.31. The molecule has 5 nitrogen and oxygen atoms in total. The summed E-state index contributed by atoms with van der Waals surface area (Å²) in [5, 5.41) is 18.2. The molecule has 0 aliphatic carbocycles. The van der Waals surface area contributed by atoms with Crippen LogP contribution in [0.4, 0.5) is 0 Å². The summed E-state index contributed by atoms with van der Waals surface area (Å²) in [5.74, 6) is -2.30. The van der Waals surface area contributed by atoms with Crippen molar-refractivity contribution < 1.29 is 19.8 Å². The lowest BCUT2D eigenvalue weighted by atomic mass is 9.98. The number of carboxylic acid groups (broad SMARTS) is 1. The smallest absolute Gasteiger partial charge is 0.337 e. The van der Waals surface area contributed by atoms with Gasteiger partial charge in [0.2, 0.25) is 0 Å². The van der Waals surface area contributed by atoms with Crippen LogP contribution in [-0.2, 0) is 9.59 Å². The Morgan fingerprint density at radius 3 is 2.79 bits per heavy atom. The third kappa shape index (κ3) is 1.08. The predicted molar refractivity (Wildman–Crippen MR) is 46.6 cm³/mol. The lowest BCUT2D eigenvalue weighted by Gasteiger charge is -2.29. The Morgan fingerprint density at radius 2 is 2.14 bits per heavy atom. The van der Waals surface area contributed by atoms with E-state index in [0.29, 0.717) is 13.0 Å².